The number of nitrogens with zero attached hydrogens (tertiary/aromatic N) is 3. The summed E-state index contributed by atoms with van der Waals surface area (Å²) in [6, 6.07) is 0. The predicted octanol–water partition coefficient (Wildman–Crippen LogP) is -0.429. The number of carboxylic acid groups (broad SMARTS) is 1. The van der Waals surface area contributed by atoms with E-state index in [4.69, 9.17) is 14.4 Å². The molecule has 2 rings (SSSR count). The third-order valence-electron chi connectivity index (χ3n) is 2.57. The Hall–Kier alpha value is -1.47. The van der Waals surface area contributed by atoms with Gasteiger partial charge in [-0.1, -0.05) is 5.16 Å². The summed E-state index contributed by atoms with van der Waals surface area (Å²) < 4.78 is 10.1. The van der Waals surface area contributed by atoms with Gasteiger partial charge in [0.15, 0.2) is 5.82 Å². The molecule has 0 aliphatic carbocycles. The molecule has 1 fully saturated rings. The Bertz CT molecular complexity index is 373. The van der Waals surface area contributed by atoms with Crippen LogP contribution in [0.4, 0.5) is 0 Å². The van der Waals surface area contributed by atoms with Gasteiger partial charge in [0.1, 0.15) is 6.42 Å². The van der Waals surface area contributed by atoms with E-state index in [1.165, 1.54) is 0 Å². The fraction of sp³-hybridized carbons (Fsp3) is 0.700. The van der Waals surface area contributed by atoms with Gasteiger partial charge in [-0.05, 0) is 0 Å². The van der Waals surface area contributed by atoms with Gasteiger partial charge >= 0.3 is 5.97 Å². The molecule has 0 amide bonds. The Morgan fingerprint density at radius 3 is 2.88 bits per heavy atom. The second-order valence-electron chi connectivity index (χ2n) is 3.88. The van der Waals surface area contributed by atoms with E-state index in [0.717, 1.165) is 32.8 Å². The Kier molecular flexibility index (Phi) is 4.05. The molecule has 17 heavy (non-hydrogen) atoms. The van der Waals surface area contributed by atoms with E-state index >= 15 is 0 Å². The molecule has 7 nitrogen and oxygen atoms in total. The Morgan fingerprint density at radius 2 is 2.18 bits per heavy atom. The number of ether oxygens (including phenoxy) is 1. The van der Waals surface area contributed by atoms with Gasteiger partial charge in [-0.3, -0.25) is 9.69 Å². The van der Waals surface area contributed by atoms with Crippen LogP contribution >= 0.6 is 0 Å². The van der Waals surface area contributed by atoms with Crippen LogP contribution in [0.25, 0.3) is 0 Å². The van der Waals surface area contributed by atoms with Gasteiger partial charge in [0.25, 0.3) is 0 Å². The van der Waals surface area contributed by atoms with Gasteiger partial charge in [0.05, 0.1) is 13.2 Å². The summed E-state index contributed by atoms with van der Waals surface area (Å²) in [6.07, 6.45) is 0.452. The largest absolute Gasteiger partial charge is 0.481 e. The summed E-state index contributed by atoms with van der Waals surface area (Å²) in [5.41, 5.74) is 0. The number of rotatable bonds is 5. The highest BCUT2D eigenvalue weighted by Crippen LogP contribution is 2.02. The molecule has 0 unspecified atom stereocenters. The SMILES string of the molecule is O=C(O)Cc1nc(CCN2CCOCC2)no1. The minimum atomic E-state index is -0.964. The van der Waals surface area contributed by atoms with Gasteiger partial charge in [0.2, 0.25) is 5.89 Å². The maximum atomic E-state index is 10.4. The third kappa shape index (κ3) is 3.79. The molecule has 1 N–H and O–H groups in total. The lowest BCUT2D eigenvalue weighted by atomic mass is 10.3. The van der Waals surface area contributed by atoms with E-state index in [1.807, 2.05) is 0 Å². The Morgan fingerprint density at radius 1 is 1.41 bits per heavy atom. The van der Waals surface area contributed by atoms with E-state index in [0.29, 0.717) is 12.2 Å². The summed E-state index contributed by atoms with van der Waals surface area (Å²) in [7, 11) is 0. The van der Waals surface area contributed by atoms with Crippen LogP contribution in [0.3, 0.4) is 0 Å². The molecule has 0 saturated carbocycles. The van der Waals surface area contributed by atoms with Gasteiger partial charge in [0, 0.05) is 26.1 Å². The van der Waals surface area contributed by atoms with Crippen LogP contribution in [-0.2, 0) is 22.4 Å². The quantitative estimate of drug-likeness (QED) is 0.748. The lowest BCUT2D eigenvalue weighted by Gasteiger charge is -2.25. The molecule has 0 atom stereocenters. The first-order valence-corrected chi connectivity index (χ1v) is 5.57. The number of morpholine rings is 1. The molecular formula is C10H15N3O4. The summed E-state index contributed by atoms with van der Waals surface area (Å²) in [5.74, 6) is -0.240. The first-order chi connectivity index (χ1) is 8.24. The molecule has 0 bridgehead atoms. The maximum absolute atomic E-state index is 10.4. The van der Waals surface area contributed by atoms with Crippen LogP contribution in [0.15, 0.2) is 4.52 Å². The van der Waals surface area contributed by atoms with Crippen LogP contribution < -0.4 is 0 Å². The van der Waals surface area contributed by atoms with Crippen molar-refractivity contribution in [1.82, 2.24) is 15.0 Å². The predicted molar refractivity (Wildman–Crippen MR) is 56.6 cm³/mol. The number of carboxylic acids is 1. The Balaban J connectivity index is 1.78. The third-order valence-corrected chi connectivity index (χ3v) is 2.57. The van der Waals surface area contributed by atoms with Crippen molar-refractivity contribution in [2.75, 3.05) is 32.8 Å². The van der Waals surface area contributed by atoms with Crippen molar-refractivity contribution >= 4 is 5.97 Å². The van der Waals surface area contributed by atoms with Crippen molar-refractivity contribution < 1.29 is 19.2 Å². The minimum absolute atomic E-state index is 0.162. The first kappa shape index (κ1) is 12.0. The van der Waals surface area contributed by atoms with Crippen LogP contribution in [-0.4, -0.2) is 59.0 Å². The lowest BCUT2D eigenvalue weighted by molar-refractivity contribution is -0.136. The molecule has 1 aromatic heterocycles. The highest BCUT2D eigenvalue weighted by atomic mass is 16.5. The van der Waals surface area contributed by atoms with E-state index in [2.05, 4.69) is 15.0 Å². The molecule has 0 spiro atoms. The zero-order valence-electron chi connectivity index (χ0n) is 9.46. The van der Waals surface area contributed by atoms with Crippen LogP contribution in [0.1, 0.15) is 11.7 Å². The molecule has 1 aliphatic rings. The molecule has 94 valence electrons. The normalized spacial score (nSPS) is 17.2. The summed E-state index contributed by atoms with van der Waals surface area (Å²) in [6.45, 7) is 4.20. The first-order valence-electron chi connectivity index (χ1n) is 5.57. The van der Waals surface area contributed by atoms with Crippen molar-refractivity contribution in [2.24, 2.45) is 0 Å². The van der Waals surface area contributed by atoms with Crippen molar-refractivity contribution in [3.05, 3.63) is 11.7 Å². The van der Waals surface area contributed by atoms with Crippen LogP contribution in [0.2, 0.25) is 0 Å². The van der Waals surface area contributed by atoms with Gasteiger partial charge in [-0.15, -0.1) is 0 Å². The van der Waals surface area contributed by atoms with Gasteiger partial charge < -0.3 is 14.4 Å². The van der Waals surface area contributed by atoms with Crippen LogP contribution in [0.5, 0.6) is 0 Å². The molecule has 0 radical (unpaired) electrons. The minimum Gasteiger partial charge on any atom is -0.481 e. The van der Waals surface area contributed by atoms with Crippen molar-refractivity contribution in [1.29, 1.82) is 0 Å². The summed E-state index contributed by atoms with van der Waals surface area (Å²) in [4.78, 5) is 16.7. The lowest BCUT2D eigenvalue weighted by Crippen LogP contribution is -2.37. The monoisotopic (exact) mass is 241 g/mol. The van der Waals surface area contributed by atoms with E-state index in [-0.39, 0.29) is 12.3 Å². The highest BCUT2D eigenvalue weighted by Gasteiger charge is 2.13. The van der Waals surface area contributed by atoms with Gasteiger partial charge in [-0.25, -0.2) is 0 Å². The molecule has 1 aromatic rings. The molecule has 1 saturated heterocycles. The molecule has 7 heteroatoms. The highest BCUT2D eigenvalue weighted by molar-refractivity contribution is 5.68. The summed E-state index contributed by atoms with van der Waals surface area (Å²) >= 11 is 0. The van der Waals surface area contributed by atoms with E-state index in [1.54, 1.807) is 0 Å². The number of aromatic nitrogens is 2. The smallest absolute Gasteiger partial charge is 0.312 e. The number of hydrogen-bond donors (Lipinski definition) is 1. The maximum Gasteiger partial charge on any atom is 0.312 e. The fourth-order valence-electron chi connectivity index (χ4n) is 1.68. The average Bonchev–Trinajstić information content (AvgIpc) is 2.75. The fourth-order valence-corrected chi connectivity index (χ4v) is 1.68. The average molecular weight is 241 g/mol. The van der Waals surface area contributed by atoms with Crippen LogP contribution in [0, 0.1) is 0 Å². The molecular weight excluding hydrogens is 226 g/mol. The zero-order chi connectivity index (χ0) is 12.1. The second kappa shape index (κ2) is 5.74. The number of aliphatic carboxylic acids is 1. The van der Waals surface area contributed by atoms with E-state index in [9.17, 15) is 4.79 Å². The standard InChI is InChI=1S/C10H15N3O4/c14-10(15)7-9-11-8(12-17-9)1-2-13-3-5-16-6-4-13/h1-7H2,(H,14,15). The van der Waals surface area contributed by atoms with Crippen molar-refractivity contribution in [2.45, 2.75) is 12.8 Å². The molecule has 1 aliphatic heterocycles. The molecule has 0 aromatic carbocycles. The number of carbonyl (C=O) groups is 1. The van der Waals surface area contributed by atoms with E-state index < -0.39 is 5.97 Å². The van der Waals surface area contributed by atoms with Crippen molar-refractivity contribution in [3.63, 3.8) is 0 Å². The summed E-state index contributed by atoms with van der Waals surface area (Å²) in [5, 5.41) is 12.3. The Labute approximate surface area is 98.4 Å². The molecule has 2 heterocycles. The van der Waals surface area contributed by atoms with Crippen molar-refractivity contribution in [3.8, 4) is 0 Å². The van der Waals surface area contributed by atoms with Gasteiger partial charge in [-0.2, -0.15) is 4.98 Å². The second-order valence-corrected chi connectivity index (χ2v) is 3.88. The topological polar surface area (TPSA) is 88.7 Å². The zero-order valence-corrected chi connectivity index (χ0v) is 9.46. The number of hydrogen-bond acceptors (Lipinski definition) is 6.